The van der Waals surface area contributed by atoms with Crippen molar-refractivity contribution in [2.24, 2.45) is 0 Å². The van der Waals surface area contributed by atoms with Crippen molar-refractivity contribution in [1.82, 2.24) is 5.32 Å². The van der Waals surface area contributed by atoms with Gasteiger partial charge in [0.15, 0.2) is 6.10 Å². The van der Waals surface area contributed by atoms with Gasteiger partial charge in [-0.05, 0) is 24.5 Å². The molecule has 0 aromatic heterocycles. The van der Waals surface area contributed by atoms with E-state index >= 15 is 0 Å². The normalized spacial score (nSPS) is 23.4. The lowest BCUT2D eigenvalue weighted by Gasteiger charge is -2.43. The Morgan fingerprint density at radius 1 is 1.29 bits per heavy atom. The molecule has 1 heterocycles. The van der Waals surface area contributed by atoms with E-state index in [1.54, 1.807) is 6.07 Å². The molecule has 4 nitrogen and oxygen atoms in total. The minimum atomic E-state index is -4.36. The number of carbonyl (C=O) groups excluding carboxylic acids is 1. The number of hydrogen-bond donors (Lipinski definition) is 1. The van der Waals surface area contributed by atoms with Crippen LogP contribution in [0.4, 0.5) is 13.2 Å². The van der Waals surface area contributed by atoms with Crippen LogP contribution >= 0.6 is 0 Å². The zero-order chi connectivity index (χ0) is 17.2. The number of amides is 1. The van der Waals surface area contributed by atoms with E-state index in [0.29, 0.717) is 25.3 Å². The monoisotopic (exact) mass is 343 g/mol. The van der Waals surface area contributed by atoms with Gasteiger partial charge in [0.2, 0.25) is 0 Å². The van der Waals surface area contributed by atoms with Crippen LogP contribution in [0.2, 0.25) is 0 Å². The van der Waals surface area contributed by atoms with Gasteiger partial charge in [0.25, 0.3) is 5.91 Å². The van der Waals surface area contributed by atoms with Crippen LogP contribution in [-0.4, -0.2) is 38.4 Å². The first-order valence-electron chi connectivity index (χ1n) is 8.06. The largest absolute Gasteiger partial charge is 0.416 e. The highest BCUT2D eigenvalue weighted by molar-refractivity contribution is 5.81. The summed E-state index contributed by atoms with van der Waals surface area (Å²) in [5.74, 6) is -0.270. The molecule has 3 rings (SSSR count). The molecule has 0 unspecified atom stereocenters. The third-order valence-corrected chi connectivity index (χ3v) is 4.82. The number of rotatable bonds is 4. The van der Waals surface area contributed by atoms with Crippen LogP contribution in [0.15, 0.2) is 24.3 Å². The molecule has 7 heteroatoms. The van der Waals surface area contributed by atoms with Gasteiger partial charge in [-0.2, -0.15) is 13.2 Å². The average molecular weight is 343 g/mol. The van der Waals surface area contributed by atoms with Gasteiger partial charge in [-0.1, -0.05) is 24.6 Å². The van der Waals surface area contributed by atoms with E-state index in [2.05, 4.69) is 5.32 Å². The lowest BCUT2D eigenvalue weighted by atomic mass is 9.64. The molecule has 1 aromatic carbocycles. The van der Waals surface area contributed by atoms with Gasteiger partial charge in [-0.25, -0.2) is 0 Å². The van der Waals surface area contributed by atoms with Gasteiger partial charge in [-0.3, -0.25) is 4.79 Å². The SMILES string of the molecule is O=C(NCC1(c2cccc(C(F)(F)F)c2)CCC1)[C@@H]1COCCO1. The molecule has 1 aliphatic carbocycles. The van der Waals surface area contributed by atoms with Gasteiger partial charge >= 0.3 is 6.18 Å². The summed E-state index contributed by atoms with van der Waals surface area (Å²) in [6.45, 7) is 1.37. The standard InChI is InChI=1S/C17H20F3NO3/c18-17(19,20)13-4-1-3-12(9-13)16(5-2-6-16)11-21-15(22)14-10-23-7-8-24-14/h1,3-4,9,14H,2,5-8,10-11H2,(H,21,22)/t14-/m0/s1. The molecule has 0 bridgehead atoms. The molecule has 2 aliphatic rings. The van der Waals surface area contributed by atoms with Crippen LogP contribution in [0, 0.1) is 0 Å². The molecule has 24 heavy (non-hydrogen) atoms. The Kier molecular flexibility index (Phi) is 4.83. The highest BCUT2D eigenvalue weighted by Gasteiger charge is 2.41. The van der Waals surface area contributed by atoms with Crippen LogP contribution in [-0.2, 0) is 25.9 Å². The molecule has 1 saturated carbocycles. The van der Waals surface area contributed by atoms with Crippen molar-refractivity contribution in [3.05, 3.63) is 35.4 Å². The molecular formula is C17H20F3NO3. The Morgan fingerprint density at radius 2 is 2.08 bits per heavy atom. The molecule has 1 aliphatic heterocycles. The maximum absolute atomic E-state index is 12.9. The maximum Gasteiger partial charge on any atom is 0.416 e. The number of alkyl halides is 3. The van der Waals surface area contributed by atoms with E-state index in [4.69, 9.17) is 9.47 Å². The van der Waals surface area contributed by atoms with E-state index in [9.17, 15) is 18.0 Å². The number of hydrogen-bond acceptors (Lipinski definition) is 3. The Balaban J connectivity index is 1.69. The van der Waals surface area contributed by atoms with Crippen LogP contribution in [0.5, 0.6) is 0 Å². The quantitative estimate of drug-likeness (QED) is 0.914. The third-order valence-electron chi connectivity index (χ3n) is 4.82. The van der Waals surface area contributed by atoms with Crippen molar-refractivity contribution < 1.29 is 27.4 Å². The summed E-state index contributed by atoms with van der Waals surface area (Å²) in [5.41, 5.74) is -0.446. The summed E-state index contributed by atoms with van der Waals surface area (Å²) >= 11 is 0. The number of benzene rings is 1. The lowest BCUT2D eigenvalue weighted by Crippen LogP contribution is -2.50. The van der Waals surface area contributed by atoms with Gasteiger partial charge in [-0.15, -0.1) is 0 Å². The fraction of sp³-hybridized carbons (Fsp3) is 0.588. The molecular weight excluding hydrogens is 323 g/mol. The van der Waals surface area contributed by atoms with Gasteiger partial charge < -0.3 is 14.8 Å². The molecule has 1 saturated heterocycles. The minimum Gasteiger partial charge on any atom is -0.376 e. The first-order chi connectivity index (χ1) is 11.4. The smallest absolute Gasteiger partial charge is 0.376 e. The second-order valence-corrected chi connectivity index (χ2v) is 6.36. The third kappa shape index (κ3) is 3.57. The molecule has 0 radical (unpaired) electrons. The lowest BCUT2D eigenvalue weighted by molar-refractivity contribution is -0.148. The highest BCUT2D eigenvalue weighted by Crippen LogP contribution is 2.44. The Hall–Kier alpha value is -1.60. The molecule has 1 aromatic rings. The van der Waals surface area contributed by atoms with Crippen molar-refractivity contribution >= 4 is 5.91 Å². The maximum atomic E-state index is 12.9. The average Bonchev–Trinajstić information content (AvgIpc) is 2.54. The zero-order valence-electron chi connectivity index (χ0n) is 13.2. The Bertz CT molecular complexity index is 593. The van der Waals surface area contributed by atoms with E-state index < -0.39 is 23.3 Å². The van der Waals surface area contributed by atoms with Gasteiger partial charge in [0.05, 0.1) is 25.4 Å². The highest BCUT2D eigenvalue weighted by atomic mass is 19.4. The number of carbonyl (C=O) groups is 1. The first kappa shape index (κ1) is 17.2. The second-order valence-electron chi connectivity index (χ2n) is 6.36. The van der Waals surface area contributed by atoms with E-state index in [0.717, 1.165) is 25.3 Å². The van der Waals surface area contributed by atoms with Crippen molar-refractivity contribution in [3.63, 3.8) is 0 Å². The summed E-state index contributed by atoms with van der Waals surface area (Å²) in [4.78, 5) is 12.1. The molecule has 0 spiro atoms. The number of halogens is 3. The van der Waals surface area contributed by atoms with Crippen molar-refractivity contribution in [2.75, 3.05) is 26.4 Å². The zero-order valence-corrected chi connectivity index (χ0v) is 13.2. The first-order valence-corrected chi connectivity index (χ1v) is 8.06. The minimum absolute atomic E-state index is 0.211. The summed E-state index contributed by atoms with van der Waals surface area (Å²) < 4.78 is 49.3. The summed E-state index contributed by atoms with van der Waals surface area (Å²) in [6, 6.07) is 5.41. The summed E-state index contributed by atoms with van der Waals surface area (Å²) in [7, 11) is 0. The van der Waals surface area contributed by atoms with Crippen molar-refractivity contribution in [3.8, 4) is 0 Å². The number of ether oxygens (including phenoxy) is 2. The fourth-order valence-corrected chi connectivity index (χ4v) is 3.21. The van der Waals surface area contributed by atoms with E-state index in [1.807, 2.05) is 0 Å². The van der Waals surface area contributed by atoms with Crippen LogP contribution in [0.3, 0.4) is 0 Å². The van der Waals surface area contributed by atoms with Gasteiger partial charge in [0.1, 0.15) is 0 Å². The second kappa shape index (κ2) is 6.72. The molecule has 1 N–H and O–H groups in total. The number of nitrogens with one attached hydrogen (secondary N) is 1. The van der Waals surface area contributed by atoms with Crippen LogP contribution in [0.25, 0.3) is 0 Å². The topological polar surface area (TPSA) is 47.6 Å². The van der Waals surface area contributed by atoms with Crippen LogP contribution < -0.4 is 5.32 Å². The predicted octanol–water partition coefficient (Wildman–Crippen LogP) is 2.66. The summed E-state index contributed by atoms with van der Waals surface area (Å²) in [6.07, 6.45) is -2.54. The predicted molar refractivity (Wildman–Crippen MR) is 80.5 cm³/mol. The molecule has 1 amide bonds. The molecule has 2 fully saturated rings. The van der Waals surface area contributed by atoms with Crippen molar-refractivity contribution in [1.29, 1.82) is 0 Å². The fourth-order valence-electron chi connectivity index (χ4n) is 3.21. The van der Waals surface area contributed by atoms with Crippen molar-refractivity contribution in [2.45, 2.75) is 37.0 Å². The van der Waals surface area contributed by atoms with E-state index in [-0.39, 0.29) is 12.5 Å². The van der Waals surface area contributed by atoms with Crippen LogP contribution in [0.1, 0.15) is 30.4 Å². The summed E-state index contributed by atoms with van der Waals surface area (Å²) in [5, 5.41) is 2.83. The Labute approximate surface area is 138 Å². The molecule has 132 valence electrons. The Morgan fingerprint density at radius 3 is 2.67 bits per heavy atom. The van der Waals surface area contributed by atoms with E-state index in [1.165, 1.54) is 12.1 Å². The van der Waals surface area contributed by atoms with Gasteiger partial charge in [0, 0.05) is 12.0 Å². The molecule has 1 atom stereocenters.